The van der Waals surface area contributed by atoms with Gasteiger partial charge in [0.05, 0.1) is 18.6 Å². The Morgan fingerprint density at radius 3 is 2.38 bits per heavy atom. The second-order valence-electron chi connectivity index (χ2n) is 7.60. The first kappa shape index (κ1) is 22.1. The molecule has 1 aliphatic rings. The maximum absolute atomic E-state index is 13.0. The molecule has 2 amide bonds. The number of hydroxylamine groups is 2. The Morgan fingerprint density at radius 2 is 1.90 bits per heavy atom. The van der Waals surface area contributed by atoms with Gasteiger partial charge in [0.25, 0.3) is 11.6 Å². The predicted molar refractivity (Wildman–Crippen MR) is 98.7 cm³/mol. The third-order valence-electron chi connectivity index (χ3n) is 4.52. The third-order valence-corrected chi connectivity index (χ3v) is 4.52. The van der Waals surface area contributed by atoms with E-state index in [1.807, 2.05) is 0 Å². The normalized spacial score (nSPS) is 18.6. The summed E-state index contributed by atoms with van der Waals surface area (Å²) in [5, 5.41) is 21.8. The molecule has 1 unspecified atom stereocenters. The summed E-state index contributed by atoms with van der Waals surface area (Å²) in [5.74, 6) is -2.55. The number of nitro benzene ring substituents is 1. The first-order chi connectivity index (χ1) is 13.3. The van der Waals surface area contributed by atoms with E-state index in [1.165, 1.54) is 32.4 Å². The van der Waals surface area contributed by atoms with Crippen molar-refractivity contribution in [2.45, 2.75) is 44.9 Å². The molecule has 1 atom stereocenters. The fourth-order valence-electron chi connectivity index (χ4n) is 3.08. The van der Waals surface area contributed by atoms with Crippen LogP contribution < -0.4 is 0 Å². The van der Waals surface area contributed by atoms with Crippen LogP contribution in [0, 0.1) is 10.1 Å². The molecule has 1 aliphatic heterocycles. The number of non-ortho nitro benzene ring substituents is 1. The maximum Gasteiger partial charge on any atom is 0.411 e. The molecule has 0 radical (unpaired) electrons. The van der Waals surface area contributed by atoms with Crippen LogP contribution in [0.4, 0.5) is 10.5 Å². The Balaban J connectivity index is 2.66. The highest BCUT2D eigenvalue weighted by Gasteiger charge is 2.58. The van der Waals surface area contributed by atoms with Gasteiger partial charge in [-0.2, -0.15) is 0 Å². The van der Waals surface area contributed by atoms with E-state index < -0.39 is 40.5 Å². The lowest BCUT2D eigenvalue weighted by Crippen LogP contribution is -2.68. The van der Waals surface area contributed by atoms with E-state index in [9.17, 15) is 29.6 Å². The zero-order valence-corrected chi connectivity index (χ0v) is 16.8. The van der Waals surface area contributed by atoms with Crippen molar-refractivity contribution in [3.05, 3.63) is 39.4 Å². The zero-order chi connectivity index (χ0) is 22.1. The van der Waals surface area contributed by atoms with Crippen LogP contribution in [0.5, 0.6) is 0 Å². The molecule has 1 aromatic rings. The summed E-state index contributed by atoms with van der Waals surface area (Å²) in [7, 11) is 2.41. The Bertz CT molecular complexity index is 863. The molecule has 11 heteroatoms. The summed E-state index contributed by atoms with van der Waals surface area (Å²) < 4.78 is 5.32. The van der Waals surface area contributed by atoms with Gasteiger partial charge in [-0.05, 0) is 31.9 Å². The number of fused-ring (bicyclic) bond motifs is 1. The van der Waals surface area contributed by atoms with E-state index in [4.69, 9.17) is 9.57 Å². The van der Waals surface area contributed by atoms with E-state index in [2.05, 4.69) is 0 Å². The summed E-state index contributed by atoms with van der Waals surface area (Å²) in [6.45, 7) is 4.43. The van der Waals surface area contributed by atoms with Crippen LogP contribution in [0.15, 0.2) is 18.2 Å². The minimum Gasteiger partial charge on any atom is -0.479 e. The van der Waals surface area contributed by atoms with Crippen molar-refractivity contribution in [3.8, 4) is 0 Å². The number of carboxylic acids is 1. The molecule has 0 aliphatic carbocycles. The van der Waals surface area contributed by atoms with E-state index in [1.54, 1.807) is 20.8 Å². The van der Waals surface area contributed by atoms with Gasteiger partial charge in [-0.25, -0.2) is 14.7 Å². The third kappa shape index (κ3) is 4.14. The van der Waals surface area contributed by atoms with Crippen molar-refractivity contribution in [3.63, 3.8) is 0 Å². The number of carbonyl (C=O) groups is 3. The average molecular weight is 409 g/mol. The summed E-state index contributed by atoms with van der Waals surface area (Å²) in [6, 6.07) is 3.86. The van der Waals surface area contributed by atoms with E-state index in [0.29, 0.717) is 11.1 Å². The number of nitrogens with zero attached hydrogens (tertiary/aromatic N) is 3. The molecule has 1 heterocycles. The van der Waals surface area contributed by atoms with Crippen molar-refractivity contribution in [2.75, 3.05) is 14.2 Å². The lowest BCUT2D eigenvalue weighted by Gasteiger charge is -2.44. The maximum atomic E-state index is 13.0. The summed E-state index contributed by atoms with van der Waals surface area (Å²) >= 11 is 0. The molecular formula is C18H23N3O8. The predicted octanol–water partition coefficient (Wildman–Crippen LogP) is 1.73. The van der Waals surface area contributed by atoms with Crippen molar-refractivity contribution >= 4 is 23.7 Å². The Kier molecular flexibility index (Phi) is 5.84. The van der Waals surface area contributed by atoms with Crippen LogP contribution in [0.2, 0.25) is 0 Å². The summed E-state index contributed by atoms with van der Waals surface area (Å²) in [6.07, 6.45) is -1.43. The monoisotopic (exact) mass is 409 g/mol. The minimum atomic E-state index is -2.34. The fourth-order valence-corrected chi connectivity index (χ4v) is 3.08. The molecule has 0 aromatic heterocycles. The molecule has 0 spiro atoms. The number of aliphatic carboxylic acids is 1. The molecule has 1 aromatic carbocycles. The quantitative estimate of drug-likeness (QED) is 0.450. The number of ether oxygens (including phenoxy) is 1. The molecule has 158 valence electrons. The molecule has 2 rings (SSSR count). The molecule has 0 saturated carbocycles. The van der Waals surface area contributed by atoms with Crippen molar-refractivity contribution < 1.29 is 34.0 Å². The topological polar surface area (TPSA) is 140 Å². The zero-order valence-electron chi connectivity index (χ0n) is 16.8. The first-order valence-electron chi connectivity index (χ1n) is 8.66. The van der Waals surface area contributed by atoms with Gasteiger partial charge in [-0.3, -0.25) is 24.6 Å². The Labute approximate surface area is 166 Å². The second kappa shape index (κ2) is 7.66. The Morgan fingerprint density at radius 1 is 1.28 bits per heavy atom. The Hall–Kier alpha value is -3.21. The van der Waals surface area contributed by atoms with Gasteiger partial charge in [-0.1, -0.05) is 6.07 Å². The van der Waals surface area contributed by atoms with Gasteiger partial charge in [0.1, 0.15) is 5.60 Å². The van der Waals surface area contributed by atoms with E-state index >= 15 is 0 Å². The number of carboxylic acid groups (broad SMARTS) is 1. The number of amides is 2. The summed E-state index contributed by atoms with van der Waals surface area (Å²) in [4.78, 5) is 54.4. The smallest absolute Gasteiger partial charge is 0.411 e. The lowest BCUT2D eigenvalue weighted by atomic mass is 9.81. The molecule has 0 bridgehead atoms. The number of hydrogen-bond acceptors (Lipinski definition) is 7. The number of likely N-dealkylation sites (N-methyl/N-ethyl adjacent to an activating group) is 1. The highest BCUT2D eigenvalue weighted by atomic mass is 16.7. The van der Waals surface area contributed by atoms with E-state index in [-0.39, 0.29) is 12.2 Å². The number of rotatable bonds is 4. The standard InChI is InChI=1S/C18H23N3O8/c1-17(2,3)29-16(25)20-10-12-8-13(21(26)27)7-6-11(12)9-18(20,15(23)24)14(22)19(4)28-5/h6-8H,9-10H2,1-5H3,(H,23,24). The lowest BCUT2D eigenvalue weighted by molar-refractivity contribution is -0.385. The van der Waals surface area contributed by atoms with Crippen LogP contribution >= 0.6 is 0 Å². The van der Waals surface area contributed by atoms with Crippen LogP contribution in [0.3, 0.4) is 0 Å². The average Bonchev–Trinajstić information content (AvgIpc) is 2.63. The molecular weight excluding hydrogens is 386 g/mol. The fraction of sp³-hybridized carbons (Fsp3) is 0.500. The minimum absolute atomic E-state index is 0.212. The van der Waals surface area contributed by atoms with Crippen molar-refractivity contribution in [2.24, 2.45) is 0 Å². The van der Waals surface area contributed by atoms with Gasteiger partial charge >= 0.3 is 12.1 Å². The SMILES string of the molecule is CON(C)C(=O)C1(C(=O)O)Cc2ccc([N+](=O)[O-])cc2CN1C(=O)OC(C)(C)C. The van der Waals surface area contributed by atoms with Gasteiger partial charge in [0.15, 0.2) is 0 Å². The van der Waals surface area contributed by atoms with Crippen LogP contribution in [0.25, 0.3) is 0 Å². The van der Waals surface area contributed by atoms with Gasteiger partial charge in [0, 0.05) is 25.6 Å². The largest absolute Gasteiger partial charge is 0.479 e. The molecule has 0 fully saturated rings. The number of hydrogen-bond donors (Lipinski definition) is 1. The summed E-state index contributed by atoms with van der Waals surface area (Å²) in [5.41, 5.74) is -2.75. The first-order valence-corrected chi connectivity index (χ1v) is 8.66. The second-order valence-corrected chi connectivity index (χ2v) is 7.60. The highest BCUT2D eigenvalue weighted by molar-refractivity contribution is 6.09. The number of benzene rings is 1. The van der Waals surface area contributed by atoms with Crippen LogP contribution in [-0.4, -0.2) is 63.3 Å². The highest BCUT2D eigenvalue weighted by Crippen LogP contribution is 2.36. The number of nitro groups is 1. The van der Waals surface area contributed by atoms with Gasteiger partial charge < -0.3 is 9.84 Å². The van der Waals surface area contributed by atoms with Gasteiger partial charge in [-0.15, -0.1) is 0 Å². The van der Waals surface area contributed by atoms with Gasteiger partial charge in [0.2, 0.25) is 5.54 Å². The molecule has 11 nitrogen and oxygen atoms in total. The molecule has 29 heavy (non-hydrogen) atoms. The van der Waals surface area contributed by atoms with E-state index in [0.717, 1.165) is 9.96 Å². The van der Waals surface area contributed by atoms with Crippen LogP contribution in [-0.2, 0) is 32.1 Å². The van der Waals surface area contributed by atoms with Crippen LogP contribution in [0.1, 0.15) is 31.9 Å². The molecule has 0 saturated heterocycles. The van der Waals surface area contributed by atoms with Crippen molar-refractivity contribution in [1.82, 2.24) is 9.96 Å². The number of carbonyl (C=O) groups excluding carboxylic acids is 2. The molecule has 1 N–H and O–H groups in total. The van der Waals surface area contributed by atoms with Crippen molar-refractivity contribution in [1.29, 1.82) is 0 Å².